The fourth-order valence-corrected chi connectivity index (χ4v) is 4.23. The Balaban J connectivity index is 2.22. The third kappa shape index (κ3) is 5.57. The number of unbranched alkanes of at least 4 members (excludes halogenated alkanes) is 1. The second-order valence-electron chi connectivity index (χ2n) is 8.18. The summed E-state index contributed by atoms with van der Waals surface area (Å²) >= 11 is 0. The number of nitrogens with zero attached hydrogens (tertiary/aromatic N) is 1. The summed E-state index contributed by atoms with van der Waals surface area (Å²) in [5.41, 5.74) is 3.06. The van der Waals surface area contributed by atoms with Gasteiger partial charge in [0, 0.05) is 18.5 Å². The second kappa shape index (κ2) is 10.6. The number of para-hydroxylation sites is 1. The van der Waals surface area contributed by atoms with Gasteiger partial charge in [0.05, 0.1) is 13.1 Å². The van der Waals surface area contributed by atoms with Gasteiger partial charge in [-0.25, -0.2) is 0 Å². The van der Waals surface area contributed by atoms with Gasteiger partial charge in [0.25, 0.3) is 5.91 Å². The number of anilines is 1. The lowest BCUT2D eigenvalue weighted by Crippen LogP contribution is -2.63. The van der Waals surface area contributed by atoms with Gasteiger partial charge in [0.1, 0.15) is 0 Å². The number of ether oxygens (including phenoxy) is 1. The van der Waals surface area contributed by atoms with Gasteiger partial charge in [-0.2, -0.15) is 0 Å². The molecule has 0 radical (unpaired) electrons. The largest absolute Gasteiger partial charge is 0.415 e. The first-order chi connectivity index (χ1) is 13.4. The molecule has 2 atom stereocenters. The number of likely N-dealkylation sites (tertiary alicyclic amines) is 1. The van der Waals surface area contributed by atoms with E-state index in [9.17, 15) is 9.59 Å². The lowest BCUT2D eigenvalue weighted by atomic mass is 9.96. The summed E-state index contributed by atoms with van der Waals surface area (Å²) in [4.78, 5) is 25.4. The summed E-state index contributed by atoms with van der Waals surface area (Å²) in [6.07, 6.45) is 6.26. The highest BCUT2D eigenvalue weighted by molar-refractivity contribution is 5.95. The Hall–Kier alpha value is -1.88. The van der Waals surface area contributed by atoms with Crippen molar-refractivity contribution in [2.45, 2.75) is 78.7 Å². The van der Waals surface area contributed by atoms with E-state index in [1.807, 2.05) is 39.0 Å². The molecule has 1 aliphatic rings. The molecule has 5 heteroatoms. The first-order valence-corrected chi connectivity index (χ1v) is 10.8. The Morgan fingerprint density at radius 3 is 2.50 bits per heavy atom. The molecule has 1 amide bonds. The summed E-state index contributed by atoms with van der Waals surface area (Å²) in [5, 5.41) is 3.20. The Kier molecular flexibility index (Phi) is 8.49. The number of hydrogen-bond donors (Lipinski definition) is 1. The van der Waals surface area contributed by atoms with Crippen LogP contribution in [0.1, 0.15) is 69.9 Å². The fourth-order valence-electron chi connectivity index (χ4n) is 4.23. The molecule has 1 fully saturated rings. The summed E-state index contributed by atoms with van der Waals surface area (Å²) < 4.78 is 6.22. The Morgan fingerprint density at radius 1 is 1.14 bits per heavy atom. The maximum atomic E-state index is 13.4. The fraction of sp³-hybridized carbons (Fsp3) is 0.652. The number of rotatable bonds is 9. The van der Waals surface area contributed by atoms with Crippen LogP contribution in [0.5, 0.6) is 0 Å². The van der Waals surface area contributed by atoms with Crippen LogP contribution in [0.15, 0.2) is 18.2 Å². The number of aryl methyl sites for hydroxylation is 2. The second-order valence-corrected chi connectivity index (χ2v) is 8.18. The van der Waals surface area contributed by atoms with E-state index in [2.05, 4.69) is 12.2 Å². The lowest BCUT2D eigenvalue weighted by molar-refractivity contribution is -0.962. The van der Waals surface area contributed by atoms with Gasteiger partial charge in [-0.15, -0.1) is 0 Å². The van der Waals surface area contributed by atoms with E-state index in [1.54, 1.807) is 0 Å². The van der Waals surface area contributed by atoms with Crippen LogP contribution in [-0.2, 0) is 14.3 Å². The number of carbonyl (C=O) groups is 2. The number of carbonyl (C=O) groups excluding carboxylic acids is 2. The highest BCUT2D eigenvalue weighted by atomic mass is 16.5. The molecule has 1 aromatic carbocycles. The molecule has 1 heterocycles. The number of hydrogen-bond acceptors (Lipinski definition) is 3. The SMILES string of the molecule is CCCC[N+]1(COC(=O)CCC)CCCCC1C(=O)Nc1c(C)cccc1C. The number of esters is 1. The third-order valence-electron chi connectivity index (χ3n) is 5.92. The number of benzene rings is 1. The molecule has 1 aliphatic heterocycles. The van der Waals surface area contributed by atoms with Gasteiger partial charge in [-0.05, 0) is 50.7 Å². The molecule has 0 bridgehead atoms. The van der Waals surface area contributed by atoms with Gasteiger partial charge in [-0.3, -0.25) is 14.1 Å². The van der Waals surface area contributed by atoms with E-state index in [4.69, 9.17) is 4.74 Å². The predicted molar refractivity (Wildman–Crippen MR) is 113 cm³/mol. The van der Waals surface area contributed by atoms with Crippen molar-refractivity contribution in [1.29, 1.82) is 0 Å². The van der Waals surface area contributed by atoms with E-state index in [0.717, 1.165) is 68.4 Å². The molecule has 5 nitrogen and oxygen atoms in total. The molecular formula is C23H37N2O3+. The molecule has 1 N–H and O–H groups in total. The maximum absolute atomic E-state index is 13.4. The van der Waals surface area contributed by atoms with Crippen LogP contribution < -0.4 is 5.32 Å². The molecule has 0 spiro atoms. The van der Waals surface area contributed by atoms with Crippen molar-refractivity contribution in [3.8, 4) is 0 Å². The van der Waals surface area contributed by atoms with Crippen LogP contribution in [0, 0.1) is 13.8 Å². The minimum absolute atomic E-state index is 0.0553. The van der Waals surface area contributed by atoms with Crippen molar-refractivity contribution in [3.63, 3.8) is 0 Å². The first-order valence-electron chi connectivity index (χ1n) is 10.8. The zero-order chi connectivity index (χ0) is 20.6. The monoisotopic (exact) mass is 389 g/mol. The van der Waals surface area contributed by atoms with E-state index < -0.39 is 0 Å². The van der Waals surface area contributed by atoms with Crippen molar-refractivity contribution >= 4 is 17.6 Å². The predicted octanol–water partition coefficient (Wildman–Crippen LogP) is 4.71. The van der Waals surface area contributed by atoms with Crippen LogP contribution in [-0.4, -0.2) is 42.2 Å². The molecule has 28 heavy (non-hydrogen) atoms. The highest BCUT2D eigenvalue weighted by Crippen LogP contribution is 2.29. The smallest absolute Gasteiger partial charge is 0.310 e. The van der Waals surface area contributed by atoms with Crippen molar-refractivity contribution in [1.82, 2.24) is 0 Å². The Morgan fingerprint density at radius 2 is 1.86 bits per heavy atom. The quantitative estimate of drug-likeness (QED) is 0.491. The Bertz CT molecular complexity index is 654. The van der Waals surface area contributed by atoms with Crippen LogP contribution in [0.3, 0.4) is 0 Å². The molecule has 0 saturated carbocycles. The lowest BCUT2D eigenvalue weighted by Gasteiger charge is -2.46. The number of amides is 1. The molecule has 2 rings (SSSR count). The van der Waals surface area contributed by atoms with Gasteiger partial charge in [-0.1, -0.05) is 38.5 Å². The van der Waals surface area contributed by atoms with E-state index in [-0.39, 0.29) is 17.9 Å². The number of piperidine rings is 1. The Labute approximate surface area is 170 Å². The zero-order valence-electron chi connectivity index (χ0n) is 18.1. The van der Waals surface area contributed by atoms with Gasteiger partial charge >= 0.3 is 5.97 Å². The van der Waals surface area contributed by atoms with E-state index >= 15 is 0 Å². The average molecular weight is 390 g/mol. The molecule has 1 saturated heterocycles. The summed E-state index contributed by atoms with van der Waals surface area (Å²) in [7, 11) is 0. The van der Waals surface area contributed by atoms with E-state index in [1.165, 1.54) is 0 Å². The van der Waals surface area contributed by atoms with Crippen LogP contribution >= 0.6 is 0 Å². The zero-order valence-corrected chi connectivity index (χ0v) is 18.1. The minimum Gasteiger partial charge on any atom is -0.415 e. The molecular weight excluding hydrogens is 352 g/mol. The van der Waals surface area contributed by atoms with Crippen LogP contribution in [0.4, 0.5) is 5.69 Å². The van der Waals surface area contributed by atoms with Gasteiger partial charge in [0.15, 0.2) is 6.04 Å². The molecule has 0 aromatic heterocycles. The topological polar surface area (TPSA) is 55.4 Å². The number of quaternary nitrogens is 1. The van der Waals surface area contributed by atoms with Crippen molar-refractivity contribution < 1.29 is 18.8 Å². The average Bonchev–Trinajstić information content (AvgIpc) is 2.68. The normalized spacial score (nSPS) is 21.9. The summed E-state index contributed by atoms with van der Waals surface area (Å²) in [6, 6.07) is 5.88. The van der Waals surface area contributed by atoms with Crippen LogP contribution in [0.2, 0.25) is 0 Å². The van der Waals surface area contributed by atoms with Gasteiger partial charge in [0.2, 0.25) is 6.73 Å². The molecule has 2 unspecified atom stereocenters. The standard InChI is InChI=1S/C23H36N2O3/c1-5-7-15-25(17-28-21(26)11-6-2)16-9-8-14-20(25)23(27)24-22-18(3)12-10-13-19(22)4/h10,12-13,20H,5-9,11,14-17H2,1-4H3/p+1. The third-order valence-corrected chi connectivity index (χ3v) is 5.92. The highest BCUT2D eigenvalue weighted by Gasteiger charge is 2.44. The van der Waals surface area contributed by atoms with Gasteiger partial charge < -0.3 is 10.1 Å². The van der Waals surface area contributed by atoms with Crippen molar-refractivity contribution in [2.75, 3.05) is 25.1 Å². The molecule has 0 aliphatic carbocycles. The molecule has 1 aromatic rings. The molecule has 156 valence electrons. The van der Waals surface area contributed by atoms with E-state index in [0.29, 0.717) is 17.6 Å². The van der Waals surface area contributed by atoms with Crippen molar-refractivity contribution in [2.24, 2.45) is 0 Å². The minimum atomic E-state index is -0.172. The maximum Gasteiger partial charge on any atom is 0.310 e. The van der Waals surface area contributed by atoms with Crippen LogP contribution in [0.25, 0.3) is 0 Å². The first kappa shape index (κ1) is 22.4. The summed E-state index contributed by atoms with van der Waals surface area (Å²) in [5.74, 6) is -0.101. The summed E-state index contributed by atoms with van der Waals surface area (Å²) in [6.45, 7) is 10.3. The van der Waals surface area contributed by atoms with Crippen molar-refractivity contribution in [3.05, 3.63) is 29.3 Å². The number of nitrogens with one attached hydrogen (secondary N) is 1.